The molecule has 9 heteroatoms. The molecule has 0 atom stereocenters. The number of ether oxygens (including phenoxy) is 1. The number of nitrogens with zero attached hydrogens (tertiary/aromatic N) is 2. The summed E-state index contributed by atoms with van der Waals surface area (Å²) in [6.07, 6.45) is 2.44. The van der Waals surface area contributed by atoms with Crippen molar-refractivity contribution in [1.29, 1.82) is 0 Å². The molecule has 0 unspecified atom stereocenters. The molecule has 2 aromatic rings. The van der Waals surface area contributed by atoms with Crippen molar-refractivity contribution in [1.82, 2.24) is 14.8 Å². The Morgan fingerprint density at radius 1 is 1.11 bits per heavy atom. The summed E-state index contributed by atoms with van der Waals surface area (Å²) in [6.45, 7) is 3.53. The van der Waals surface area contributed by atoms with E-state index >= 15 is 0 Å². The number of rotatable bonds is 5. The highest BCUT2D eigenvalue weighted by atomic mass is 35.5. The van der Waals surface area contributed by atoms with Gasteiger partial charge in [-0.1, -0.05) is 11.6 Å². The van der Waals surface area contributed by atoms with Crippen LogP contribution in [0.3, 0.4) is 0 Å². The second-order valence-corrected chi connectivity index (χ2v) is 7.19. The summed E-state index contributed by atoms with van der Waals surface area (Å²) in [4.78, 5) is 38.5. The van der Waals surface area contributed by atoms with Gasteiger partial charge in [-0.25, -0.2) is 0 Å². The van der Waals surface area contributed by atoms with Crippen LogP contribution in [0.2, 0.25) is 5.02 Å². The molecular formula is C19H19ClN4O4. The molecule has 8 nitrogen and oxygen atoms in total. The van der Waals surface area contributed by atoms with Crippen molar-refractivity contribution in [2.45, 2.75) is 12.8 Å². The second-order valence-electron chi connectivity index (χ2n) is 6.79. The van der Waals surface area contributed by atoms with Crippen molar-refractivity contribution in [3.63, 3.8) is 0 Å². The van der Waals surface area contributed by atoms with Gasteiger partial charge in [0.05, 0.1) is 21.8 Å². The monoisotopic (exact) mass is 402 g/mol. The Morgan fingerprint density at radius 3 is 2.57 bits per heavy atom. The van der Waals surface area contributed by atoms with E-state index < -0.39 is 17.4 Å². The van der Waals surface area contributed by atoms with Crippen LogP contribution >= 0.6 is 11.6 Å². The minimum absolute atomic E-state index is 0.00772. The van der Waals surface area contributed by atoms with Gasteiger partial charge in [-0.2, -0.15) is 0 Å². The largest absolute Gasteiger partial charge is 0.491 e. The van der Waals surface area contributed by atoms with Crippen LogP contribution in [0, 0.1) is 0 Å². The fourth-order valence-electron chi connectivity index (χ4n) is 3.58. The molecule has 1 fully saturated rings. The van der Waals surface area contributed by atoms with E-state index in [0.717, 1.165) is 30.3 Å². The number of nitrogens with one attached hydrogen (secondary N) is 1. The summed E-state index contributed by atoms with van der Waals surface area (Å²) in [5.41, 5.74) is 5.86. The van der Waals surface area contributed by atoms with Gasteiger partial charge in [-0.3, -0.25) is 29.2 Å². The van der Waals surface area contributed by atoms with Gasteiger partial charge >= 0.3 is 0 Å². The third-order valence-corrected chi connectivity index (χ3v) is 5.29. The SMILES string of the molecule is Nc1c2c(cc(=O)n1-c1ccc(OCCN3CCCC3)c(Cl)c1)C(=O)NC2=O. The Kier molecular flexibility index (Phi) is 4.82. The van der Waals surface area contributed by atoms with E-state index in [0.29, 0.717) is 23.1 Å². The molecule has 0 aliphatic carbocycles. The lowest BCUT2D eigenvalue weighted by atomic mass is 10.1. The first kappa shape index (κ1) is 18.5. The molecule has 0 radical (unpaired) electrons. The smallest absolute Gasteiger partial charge is 0.262 e. The van der Waals surface area contributed by atoms with Gasteiger partial charge in [0.15, 0.2) is 0 Å². The van der Waals surface area contributed by atoms with Crippen molar-refractivity contribution >= 4 is 29.2 Å². The lowest BCUT2D eigenvalue weighted by molar-refractivity contribution is 0.0880. The molecule has 0 bridgehead atoms. The molecule has 1 aromatic heterocycles. The average molecular weight is 403 g/mol. The zero-order chi connectivity index (χ0) is 19.8. The first-order chi connectivity index (χ1) is 13.5. The van der Waals surface area contributed by atoms with E-state index in [2.05, 4.69) is 10.2 Å². The van der Waals surface area contributed by atoms with Crippen molar-refractivity contribution in [3.05, 3.63) is 50.8 Å². The molecule has 4 rings (SSSR count). The highest BCUT2D eigenvalue weighted by Gasteiger charge is 2.31. The molecule has 2 amide bonds. The third-order valence-electron chi connectivity index (χ3n) is 4.99. The number of hydrogen-bond acceptors (Lipinski definition) is 6. The normalized spacial score (nSPS) is 16.3. The first-order valence-corrected chi connectivity index (χ1v) is 9.40. The number of nitrogens with two attached hydrogens (primary N) is 1. The number of benzene rings is 1. The lowest BCUT2D eigenvalue weighted by Gasteiger charge is -2.16. The Hall–Kier alpha value is -2.84. The molecule has 146 valence electrons. The van der Waals surface area contributed by atoms with Crippen LogP contribution in [-0.4, -0.2) is 47.5 Å². The van der Waals surface area contributed by atoms with Crippen molar-refractivity contribution in [2.24, 2.45) is 0 Å². The number of anilines is 1. The molecule has 28 heavy (non-hydrogen) atoms. The van der Waals surface area contributed by atoms with E-state index in [-0.39, 0.29) is 16.9 Å². The minimum Gasteiger partial charge on any atom is -0.491 e. The number of halogens is 1. The Labute approximate surface area is 165 Å². The number of hydrogen-bond donors (Lipinski definition) is 2. The Balaban J connectivity index is 1.59. The summed E-state index contributed by atoms with van der Waals surface area (Å²) in [5, 5.41) is 2.46. The molecular weight excluding hydrogens is 384 g/mol. The van der Waals surface area contributed by atoms with Gasteiger partial charge in [0.25, 0.3) is 17.4 Å². The molecule has 2 aliphatic heterocycles. The maximum atomic E-state index is 12.5. The molecule has 1 aromatic carbocycles. The molecule has 0 saturated carbocycles. The van der Waals surface area contributed by atoms with Gasteiger partial charge in [-0.15, -0.1) is 0 Å². The fourth-order valence-corrected chi connectivity index (χ4v) is 3.81. The molecule has 0 spiro atoms. The number of imide groups is 1. The number of likely N-dealkylation sites (tertiary alicyclic amines) is 1. The second kappa shape index (κ2) is 7.29. The summed E-state index contributed by atoms with van der Waals surface area (Å²) in [7, 11) is 0. The number of carbonyl (C=O) groups excluding carboxylic acids is 2. The summed E-state index contributed by atoms with van der Waals surface area (Å²) < 4.78 is 6.90. The minimum atomic E-state index is -0.629. The Morgan fingerprint density at radius 2 is 1.86 bits per heavy atom. The molecule has 1 saturated heterocycles. The average Bonchev–Trinajstić information content (AvgIpc) is 3.25. The number of pyridine rings is 1. The van der Waals surface area contributed by atoms with Gasteiger partial charge in [0.1, 0.15) is 18.2 Å². The topological polar surface area (TPSA) is 107 Å². The van der Waals surface area contributed by atoms with Crippen molar-refractivity contribution in [2.75, 3.05) is 32.0 Å². The van der Waals surface area contributed by atoms with Gasteiger partial charge in [-0.05, 0) is 44.1 Å². The predicted molar refractivity (Wildman–Crippen MR) is 104 cm³/mol. The maximum absolute atomic E-state index is 12.5. The number of carbonyl (C=O) groups is 2. The van der Waals surface area contributed by atoms with E-state index in [1.807, 2.05) is 0 Å². The van der Waals surface area contributed by atoms with E-state index in [9.17, 15) is 14.4 Å². The first-order valence-electron chi connectivity index (χ1n) is 9.02. The predicted octanol–water partition coefficient (Wildman–Crippen LogP) is 1.43. The van der Waals surface area contributed by atoms with Crippen LogP contribution in [0.1, 0.15) is 33.6 Å². The van der Waals surface area contributed by atoms with Crippen molar-refractivity contribution < 1.29 is 14.3 Å². The van der Waals surface area contributed by atoms with Crippen LogP contribution in [0.25, 0.3) is 5.69 Å². The van der Waals surface area contributed by atoms with Gasteiger partial charge in [0.2, 0.25) is 0 Å². The fraction of sp³-hybridized carbons (Fsp3) is 0.316. The lowest BCUT2D eigenvalue weighted by Crippen LogP contribution is -2.25. The number of fused-ring (bicyclic) bond motifs is 1. The quantitative estimate of drug-likeness (QED) is 0.733. The van der Waals surface area contributed by atoms with Crippen LogP contribution in [0.4, 0.5) is 5.82 Å². The van der Waals surface area contributed by atoms with Crippen LogP contribution < -0.4 is 21.3 Å². The van der Waals surface area contributed by atoms with E-state index in [1.54, 1.807) is 18.2 Å². The molecule has 3 heterocycles. The Bertz CT molecular complexity index is 1030. The highest BCUT2D eigenvalue weighted by Crippen LogP contribution is 2.29. The number of aromatic nitrogens is 1. The van der Waals surface area contributed by atoms with E-state index in [1.165, 1.54) is 12.8 Å². The van der Waals surface area contributed by atoms with Crippen LogP contribution in [0.15, 0.2) is 29.1 Å². The van der Waals surface area contributed by atoms with Gasteiger partial charge < -0.3 is 10.5 Å². The number of nitrogen functional groups attached to an aromatic ring is 1. The molecule has 3 N–H and O–H groups in total. The molecule has 2 aliphatic rings. The third kappa shape index (κ3) is 3.25. The van der Waals surface area contributed by atoms with Crippen molar-refractivity contribution in [3.8, 4) is 11.4 Å². The maximum Gasteiger partial charge on any atom is 0.262 e. The van der Waals surface area contributed by atoms with Gasteiger partial charge in [0, 0.05) is 12.6 Å². The summed E-state index contributed by atoms with van der Waals surface area (Å²) >= 11 is 6.32. The summed E-state index contributed by atoms with van der Waals surface area (Å²) in [6, 6.07) is 5.94. The highest BCUT2D eigenvalue weighted by molar-refractivity contribution is 6.32. The number of amides is 2. The van der Waals surface area contributed by atoms with E-state index in [4.69, 9.17) is 22.1 Å². The summed E-state index contributed by atoms with van der Waals surface area (Å²) in [5.74, 6) is -0.857. The van der Waals surface area contributed by atoms with Crippen LogP contribution in [0.5, 0.6) is 5.75 Å². The zero-order valence-corrected chi connectivity index (χ0v) is 15.8. The zero-order valence-electron chi connectivity index (χ0n) is 15.0. The van der Waals surface area contributed by atoms with Crippen LogP contribution in [-0.2, 0) is 0 Å². The standard InChI is InChI=1S/C19H19ClN4O4/c20-13-9-11(3-4-14(13)28-8-7-23-5-1-2-6-23)24-15(25)10-12-16(17(24)21)19(27)22-18(12)26/h3-4,9-10H,1-2,5-8,21H2,(H,22,26,27).